The van der Waals surface area contributed by atoms with E-state index in [-0.39, 0.29) is 11.3 Å². The maximum atomic E-state index is 12.4. The average Bonchev–Trinajstić information content (AvgIpc) is 3.15. The highest BCUT2D eigenvalue weighted by Gasteiger charge is 2.44. The smallest absolute Gasteiger partial charge is 0.296 e. The molecule has 2 heterocycles. The van der Waals surface area contributed by atoms with Crippen LogP contribution < -0.4 is 4.90 Å². The van der Waals surface area contributed by atoms with Crippen molar-refractivity contribution in [2.75, 3.05) is 4.90 Å². The molecule has 2 aromatic rings. The zero-order chi connectivity index (χ0) is 17.4. The van der Waals surface area contributed by atoms with E-state index in [0.717, 1.165) is 0 Å². The predicted octanol–water partition coefficient (Wildman–Crippen LogP) is 2.54. The molecule has 24 heavy (non-hydrogen) atoms. The second-order valence-electron chi connectivity index (χ2n) is 5.06. The van der Waals surface area contributed by atoms with Gasteiger partial charge in [0.25, 0.3) is 11.6 Å². The monoisotopic (exact) mass is 345 g/mol. The quantitative estimate of drug-likeness (QED) is 0.673. The lowest BCUT2D eigenvalue weighted by atomic mass is 9.97. The number of nitro groups is 1. The second kappa shape index (κ2) is 5.85. The van der Waals surface area contributed by atoms with E-state index in [2.05, 4.69) is 4.98 Å². The Hall–Kier alpha value is -3.07. The van der Waals surface area contributed by atoms with Gasteiger partial charge in [-0.25, -0.2) is 4.98 Å². The van der Waals surface area contributed by atoms with Crippen LogP contribution in [0.2, 0.25) is 0 Å². The Kier molecular flexibility index (Phi) is 3.86. The van der Waals surface area contributed by atoms with Crippen molar-refractivity contribution in [2.24, 2.45) is 0 Å². The Balaban J connectivity index is 2.13. The molecule has 0 radical (unpaired) electrons. The highest BCUT2D eigenvalue weighted by molar-refractivity contribution is 7.13. The number of ketones is 1. The first-order valence-corrected chi connectivity index (χ1v) is 7.71. The number of aliphatic hydroxyl groups is 1. The van der Waals surface area contributed by atoms with Gasteiger partial charge in [-0.1, -0.05) is 0 Å². The van der Waals surface area contributed by atoms with E-state index in [4.69, 9.17) is 0 Å². The molecule has 1 aliphatic rings. The first-order chi connectivity index (χ1) is 11.4. The third-order valence-corrected chi connectivity index (χ3v) is 4.40. The van der Waals surface area contributed by atoms with Crippen molar-refractivity contribution in [3.8, 4) is 0 Å². The molecule has 122 valence electrons. The van der Waals surface area contributed by atoms with Gasteiger partial charge in [-0.3, -0.25) is 24.6 Å². The molecule has 3 rings (SSSR count). The fourth-order valence-corrected chi connectivity index (χ4v) is 3.26. The second-order valence-corrected chi connectivity index (χ2v) is 5.93. The third kappa shape index (κ3) is 2.44. The Morgan fingerprint density at radius 2 is 2.04 bits per heavy atom. The molecule has 9 heteroatoms. The average molecular weight is 345 g/mol. The van der Waals surface area contributed by atoms with Crippen molar-refractivity contribution in [3.63, 3.8) is 0 Å². The number of carbonyl (C=O) groups is 2. The molecule has 1 aliphatic heterocycles. The van der Waals surface area contributed by atoms with E-state index < -0.39 is 28.4 Å². The number of aromatic nitrogens is 1. The Morgan fingerprint density at radius 1 is 1.38 bits per heavy atom. The molecule has 8 nitrogen and oxygen atoms in total. The zero-order valence-electron chi connectivity index (χ0n) is 12.4. The minimum absolute atomic E-state index is 0.0518. The summed E-state index contributed by atoms with van der Waals surface area (Å²) in [6.07, 6.45) is 1.50. The summed E-state index contributed by atoms with van der Waals surface area (Å²) in [5.41, 5.74) is 0.309. The van der Waals surface area contributed by atoms with E-state index in [1.54, 1.807) is 5.38 Å². The lowest BCUT2D eigenvalue weighted by Gasteiger charge is -2.23. The Labute approximate surface area is 139 Å². The van der Waals surface area contributed by atoms with Crippen LogP contribution in [0.5, 0.6) is 0 Å². The zero-order valence-corrected chi connectivity index (χ0v) is 13.2. The van der Waals surface area contributed by atoms with E-state index in [0.29, 0.717) is 10.7 Å². The minimum Gasteiger partial charge on any atom is -0.503 e. The van der Waals surface area contributed by atoms with Crippen LogP contribution in [0.1, 0.15) is 18.5 Å². The first kappa shape index (κ1) is 15.8. The third-order valence-electron chi connectivity index (χ3n) is 3.63. The van der Waals surface area contributed by atoms with E-state index in [1.165, 1.54) is 53.6 Å². The SMILES string of the molecule is CC(=O)C1=C(O)C(=O)N(c2nccs2)[C@@H]1c1ccc([N+](=O)[O-])cc1. The minimum atomic E-state index is -0.873. The normalized spacial score (nSPS) is 17.5. The molecule has 0 unspecified atom stereocenters. The number of rotatable bonds is 4. The van der Waals surface area contributed by atoms with Crippen LogP contribution in [-0.4, -0.2) is 26.7 Å². The molecule has 1 atom stereocenters. The van der Waals surface area contributed by atoms with Crippen molar-refractivity contribution in [2.45, 2.75) is 13.0 Å². The van der Waals surface area contributed by atoms with E-state index >= 15 is 0 Å². The Morgan fingerprint density at radius 3 is 2.54 bits per heavy atom. The Bertz CT molecular complexity index is 858. The fourth-order valence-electron chi connectivity index (χ4n) is 2.59. The summed E-state index contributed by atoms with van der Waals surface area (Å²) >= 11 is 1.18. The first-order valence-electron chi connectivity index (χ1n) is 6.83. The molecule has 0 saturated heterocycles. The topological polar surface area (TPSA) is 114 Å². The molecule has 1 aromatic carbocycles. The van der Waals surface area contributed by atoms with Gasteiger partial charge in [0.2, 0.25) is 0 Å². The molecular formula is C15H11N3O5S. The van der Waals surface area contributed by atoms with Crippen LogP contribution in [0.4, 0.5) is 10.8 Å². The number of nitro benzene ring substituents is 1. The lowest BCUT2D eigenvalue weighted by molar-refractivity contribution is -0.384. The number of benzene rings is 1. The summed E-state index contributed by atoms with van der Waals surface area (Å²) in [5.74, 6) is -1.80. The van der Waals surface area contributed by atoms with Gasteiger partial charge in [0.15, 0.2) is 16.7 Å². The standard InChI is InChI=1S/C15H11N3O5S/c1-8(19)11-12(9-2-4-10(5-3-9)18(22)23)17(14(21)13(11)20)15-16-6-7-24-15/h2-7,12,20H,1H3/t12-/m1/s1. The summed E-state index contributed by atoms with van der Waals surface area (Å²) in [6, 6.07) is 4.61. The van der Waals surface area contributed by atoms with Crippen molar-refractivity contribution in [1.29, 1.82) is 0 Å². The summed E-state index contributed by atoms with van der Waals surface area (Å²) in [4.78, 5) is 39.9. The van der Waals surface area contributed by atoms with E-state index in [1.807, 2.05) is 0 Å². The van der Waals surface area contributed by atoms with Crippen molar-refractivity contribution in [1.82, 2.24) is 4.98 Å². The van der Waals surface area contributed by atoms with Crippen LogP contribution in [0.25, 0.3) is 0 Å². The summed E-state index contributed by atoms with van der Waals surface area (Å²) < 4.78 is 0. The van der Waals surface area contributed by atoms with Crippen LogP contribution in [0.15, 0.2) is 47.2 Å². The maximum absolute atomic E-state index is 12.4. The van der Waals surface area contributed by atoms with Crippen molar-refractivity contribution in [3.05, 3.63) is 62.9 Å². The number of carbonyl (C=O) groups excluding carboxylic acids is 2. The summed E-state index contributed by atoms with van der Waals surface area (Å²) in [5, 5.41) is 22.9. The van der Waals surface area contributed by atoms with Gasteiger partial charge < -0.3 is 5.11 Å². The number of Topliss-reactive ketones (excluding diaryl/α,β-unsaturated/α-hetero) is 1. The predicted molar refractivity (Wildman–Crippen MR) is 85.8 cm³/mol. The lowest BCUT2D eigenvalue weighted by Crippen LogP contribution is -2.30. The number of aliphatic hydroxyl groups excluding tert-OH is 1. The van der Waals surface area contributed by atoms with Crippen LogP contribution >= 0.6 is 11.3 Å². The van der Waals surface area contributed by atoms with E-state index in [9.17, 15) is 24.8 Å². The molecule has 0 spiro atoms. The van der Waals surface area contributed by atoms with Crippen molar-refractivity contribution >= 4 is 33.8 Å². The van der Waals surface area contributed by atoms with Gasteiger partial charge in [0, 0.05) is 23.7 Å². The molecular weight excluding hydrogens is 334 g/mol. The molecule has 0 saturated carbocycles. The van der Waals surface area contributed by atoms with Crippen LogP contribution in [0.3, 0.4) is 0 Å². The number of hydrogen-bond donors (Lipinski definition) is 1. The number of thiazole rings is 1. The van der Waals surface area contributed by atoms with Gasteiger partial charge in [-0.15, -0.1) is 11.3 Å². The van der Waals surface area contributed by atoms with Gasteiger partial charge in [0.1, 0.15) is 0 Å². The van der Waals surface area contributed by atoms with Gasteiger partial charge in [0.05, 0.1) is 16.5 Å². The molecule has 0 fully saturated rings. The number of hydrogen-bond acceptors (Lipinski definition) is 7. The van der Waals surface area contributed by atoms with Crippen molar-refractivity contribution < 1.29 is 19.6 Å². The van der Waals surface area contributed by atoms with Gasteiger partial charge in [-0.05, 0) is 24.6 Å². The summed E-state index contributed by atoms with van der Waals surface area (Å²) in [6.45, 7) is 1.25. The number of amides is 1. The van der Waals surface area contributed by atoms with Crippen LogP contribution in [0, 0.1) is 10.1 Å². The largest absolute Gasteiger partial charge is 0.503 e. The molecule has 1 amide bonds. The molecule has 0 bridgehead atoms. The van der Waals surface area contributed by atoms with Gasteiger partial charge >= 0.3 is 0 Å². The van der Waals surface area contributed by atoms with Gasteiger partial charge in [-0.2, -0.15) is 0 Å². The molecule has 1 N–H and O–H groups in total. The maximum Gasteiger partial charge on any atom is 0.296 e. The number of nitrogens with zero attached hydrogens (tertiary/aromatic N) is 3. The molecule has 0 aliphatic carbocycles. The van der Waals surface area contributed by atoms with Crippen LogP contribution in [-0.2, 0) is 9.59 Å². The highest BCUT2D eigenvalue weighted by atomic mass is 32.1. The molecule has 1 aromatic heterocycles. The number of non-ortho nitro benzene ring substituents is 1. The summed E-state index contributed by atoms with van der Waals surface area (Å²) in [7, 11) is 0. The highest BCUT2D eigenvalue weighted by Crippen LogP contribution is 2.41. The number of anilines is 1. The fraction of sp³-hybridized carbons (Fsp3) is 0.133.